The van der Waals surface area contributed by atoms with Crippen LogP contribution in [0.15, 0.2) is 12.3 Å². The van der Waals surface area contributed by atoms with Gasteiger partial charge in [-0.3, -0.25) is 4.79 Å². The Hall–Kier alpha value is -1.98. The van der Waals surface area contributed by atoms with E-state index in [0.717, 1.165) is 5.56 Å². The van der Waals surface area contributed by atoms with Crippen LogP contribution in [0, 0.1) is 0 Å². The van der Waals surface area contributed by atoms with Gasteiger partial charge in [0.25, 0.3) is 5.91 Å². The van der Waals surface area contributed by atoms with Crippen LogP contribution in [0.3, 0.4) is 0 Å². The summed E-state index contributed by atoms with van der Waals surface area (Å²) in [5.41, 5.74) is 1.66. The third kappa shape index (κ3) is 4.06. The van der Waals surface area contributed by atoms with Crippen molar-refractivity contribution in [2.24, 2.45) is 0 Å². The third-order valence-corrected chi connectivity index (χ3v) is 3.97. The first-order valence-corrected chi connectivity index (χ1v) is 8.01. The molecule has 6 heteroatoms. The van der Waals surface area contributed by atoms with E-state index in [-0.39, 0.29) is 30.6 Å². The van der Waals surface area contributed by atoms with Crippen molar-refractivity contribution in [1.82, 2.24) is 9.47 Å². The van der Waals surface area contributed by atoms with Crippen LogP contribution in [0.25, 0.3) is 0 Å². The smallest absolute Gasteiger partial charge is 0.432 e. The molecule has 6 nitrogen and oxygen atoms in total. The summed E-state index contributed by atoms with van der Waals surface area (Å²) >= 11 is 0. The molecule has 2 heterocycles. The summed E-state index contributed by atoms with van der Waals surface area (Å²) in [7, 11) is 0. The highest BCUT2D eigenvalue weighted by Gasteiger charge is 2.26. The van der Waals surface area contributed by atoms with Gasteiger partial charge in [-0.1, -0.05) is 20.8 Å². The first-order chi connectivity index (χ1) is 10.7. The number of amides is 1. The van der Waals surface area contributed by atoms with Gasteiger partial charge in [-0.15, -0.1) is 0 Å². The number of hydrogen-bond acceptors (Lipinski definition) is 4. The molecule has 0 fully saturated rings. The first kappa shape index (κ1) is 17.4. The van der Waals surface area contributed by atoms with Crippen molar-refractivity contribution in [2.75, 3.05) is 19.8 Å². The Kier molecular flexibility index (Phi) is 5.02. The highest BCUT2D eigenvalue weighted by Crippen LogP contribution is 2.25. The molecule has 1 aromatic rings. The Labute approximate surface area is 137 Å². The minimum absolute atomic E-state index is 0.0179. The van der Waals surface area contributed by atoms with Gasteiger partial charge >= 0.3 is 6.16 Å². The summed E-state index contributed by atoms with van der Waals surface area (Å²) in [6.07, 6.45) is 1.28. The number of carbonyl (C=O) groups is 2. The summed E-state index contributed by atoms with van der Waals surface area (Å²) in [6.45, 7) is 11.3. The van der Waals surface area contributed by atoms with Crippen LogP contribution in [0.5, 0.6) is 0 Å². The molecule has 128 valence electrons. The molecule has 0 radical (unpaired) electrons. The number of rotatable bonds is 1. The van der Waals surface area contributed by atoms with Crippen LogP contribution in [0.4, 0.5) is 4.79 Å². The van der Waals surface area contributed by atoms with Gasteiger partial charge in [-0.05, 0) is 30.9 Å². The van der Waals surface area contributed by atoms with E-state index in [4.69, 9.17) is 9.47 Å². The second-order valence-corrected chi connectivity index (χ2v) is 7.10. The largest absolute Gasteiger partial charge is 0.508 e. The van der Waals surface area contributed by atoms with Gasteiger partial charge in [0.15, 0.2) is 0 Å². The Morgan fingerprint density at radius 3 is 2.26 bits per heavy atom. The molecule has 0 unspecified atom stereocenters. The van der Waals surface area contributed by atoms with E-state index in [1.54, 1.807) is 4.90 Å². The summed E-state index contributed by atoms with van der Waals surface area (Å²) in [4.78, 5) is 26.2. The van der Waals surface area contributed by atoms with Crippen LogP contribution in [-0.2, 0) is 21.4 Å². The minimum Gasteiger partial charge on any atom is -0.432 e. The molecular weight excluding hydrogens is 296 g/mol. The molecule has 2 rings (SSSR count). The molecule has 1 aliphatic rings. The van der Waals surface area contributed by atoms with Gasteiger partial charge in [0.1, 0.15) is 18.9 Å². The fourth-order valence-electron chi connectivity index (χ4n) is 2.52. The topological polar surface area (TPSA) is 60.8 Å². The maximum Gasteiger partial charge on any atom is 0.508 e. The van der Waals surface area contributed by atoms with Crippen molar-refractivity contribution < 1.29 is 19.1 Å². The Balaban J connectivity index is 2.41. The molecular formula is C17H26N2O4. The fraction of sp³-hybridized carbons (Fsp3) is 0.647. The quantitative estimate of drug-likeness (QED) is 0.746. The number of cyclic esters (lactones) is 2. The van der Waals surface area contributed by atoms with E-state index in [0.29, 0.717) is 18.8 Å². The SMILES string of the molecule is CC(C)N1CCOC(=O)OCCn2cc(C(C)(C)C)cc2C1=O. The molecule has 23 heavy (non-hydrogen) atoms. The van der Waals surface area contributed by atoms with Gasteiger partial charge in [-0.2, -0.15) is 0 Å². The monoisotopic (exact) mass is 322 g/mol. The number of nitrogens with zero attached hydrogens (tertiary/aromatic N) is 2. The molecule has 0 saturated heterocycles. The average molecular weight is 322 g/mol. The maximum atomic E-state index is 13.0. The number of ether oxygens (including phenoxy) is 2. The zero-order chi connectivity index (χ0) is 17.2. The maximum absolute atomic E-state index is 13.0. The number of aromatic nitrogens is 1. The predicted molar refractivity (Wildman–Crippen MR) is 86.6 cm³/mol. The first-order valence-electron chi connectivity index (χ1n) is 8.01. The summed E-state index contributed by atoms with van der Waals surface area (Å²) in [6, 6.07) is 1.96. The lowest BCUT2D eigenvalue weighted by Crippen LogP contribution is -2.40. The van der Waals surface area contributed by atoms with Gasteiger partial charge < -0.3 is 18.9 Å². The minimum atomic E-state index is -0.687. The van der Waals surface area contributed by atoms with E-state index >= 15 is 0 Å². The van der Waals surface area contributed by atoms with Gasteiger partial charge in [0.2, 0.25) is 0 Å². The molecule has 0 aromatic carbocycles. The molecule has 0 bridgehead atoms. The van der Waals surface area contributed by atoms with Crippen molar-refractivity contribution in [3.8, 4) is 0 Å². The van der Waals surface area contributed by atoms with Crippen LogP contribution in [-0.4, -0.2) is 47.3 Å². The predicted octanol–water partition coefficient (Wildman–Crippen LogP) is 2.80. The fourth-order valence-corrected chi connectivity index (χ4v) is 2.52. The zero-order valence-electron chi connectivity index (χ0n) is 14.6. The lowest BCUT2D eigenvalue weighted by Gasteiger charge is -2.26. The Bertz CT molecular complexity index is 584. The van der Waals surface area contributed by atoms with Crippen molar-refractivity contribution in [1.29, 1.82) is 0 Å². The summed E-state index contributed by atoms with van der Waals surface area (Å²) in [5, 5.41) is 0. The molecule has 0 N–H and O–H groups in total. The van der Waals surface area contributed by atoms with Crippen LogP contribution in [0.1, 0.15) is 50.7 Å². The van der Waals surface area contributed by atoms with Crippen LogP contribution in [0.2, 0.25) is 0 Å². The molecule has 0 aliphatic carbocycles. The standard InChI is InChI=1S/C17H26N2O4/c1-12(2)19-7-9-23-16(21)22-8-6-18-11-13(17(3,4)5)10-14(18)15(19)20/h10-12H,6-9H2,1-5H3. The highest BCUT2D eigenvalue weighted by molar-refractivity contribution is 5.93. The second kappa shape index (κ2) is 6.64. The van der Waals surface area contributed by atoms with Gasteiger partial charge in [0, 0.05) is 12.2 Å². The van der Waals surface area contributed by atoms with E-state index < -0.39 is 6.16 Å². The van der Waals surface area contributed by atoms with Crippen molar-refractivity contribution >= 4 is 12.1 Å². The van der Waals surface area contributed by atoms with E-state index in [9.17, 15) is 9.59 Å². The molecule has 1 aliphatic heterocycles. The Morgan fingerprint density at radius 1 is 1.09 bits per heavy atom. The highest BCUT2D eigenvalue weighted by atomic mass is 16.7. The lowest BCUT2D eigenvalue weighted by atomic mass is 9.89. The van der Waals surface area contributed by atoms with E-state index in [1.807, 2.05) is 30.7 Å². The zero-order valence-corrected chi connectivity index (χ0v) is 14.6. The average Bonchev–Trinajstić information content (AvgIpc) is 2.85. The molecule has 0 atom stereocenters. The van der Waals surface area contributed by atoms with Crippen LogP contribution >= 0.6 is 0 Å². The van der Waals surface area contributed by atoms with Crippen molar-refractivity contribution in [2.45, 2.75) is 52.6 Å². The number of carbonyl (C=O) groups excluding carboxylic acids is 2. The summed E-state index contributed by atoms with van der Waals surface area (Å²) < 4.78 is 11.9. The Morgan fingerprint density at radius 2 is 1.70 bits per heavy atom. The van der Waals surface area contributed by atoms with Crippen LogP contribution < -0.4 is 0 Å². The number of fused-ring (bicyclic) bond motifs is 1. The van der Waals surface area contributed by atoms with Crippen molar-refractivity contribution in [3.05, 3.63) is 23.5 Å². The third-order valence-electron chi connectivity index (χ3n) is 3.97. The second-order valence-electron chi connectivity index (χ2n) is 7.10. The molecule has 0 saturated carbocycles. The normalized spacial score (nSPS) is 17.4. The lowest BCUT2D eigenvalue weighted by molar-refractivity contribution is 0.0416. The van der Waals surface area contributed by atoms with Gasteiger partial charge in [0.05, 0.1) is 13.1 Å². The molecule has 0 spiro atoms. The number of hydrogen-bond donors (Lipinski definition) is 0. The molecule has 1 amide bonds. The van der Waals surface area contributed by atoms with Crippen molar-refractivity contribution in [3.63, 3.8) is 0 Å². The van der Waals surface area contributed by atoms with Gasteiger partial charge in [-0.25, -0.2) is 4.79 Å². The van der Waals surface area contributed by atoms with E-state index in [2.05, 4.69) is 20.8 Å². The molecule has 1 aromatic heterocycles. The summed E-state index contributed by atoms with van der Waals surface area (Å²) in [5.74, 6) is -0.0477. The van der Waals surface area contributed by atoms with E-state index in [1.165, 1.54) is 0 Å².